The molecule has 2 unspecified atom stereocenters. The second-order valence-corrected chi connectivity index (χ2v) is 29.8. The van der Waals surface area contributed by atoms with Gasteiger partial charge in [-0.25, -0.2) is 0 Å². The molecule has 4 heteroatoms. The molecule has 0 amide bonds. The van der Waals surface area contributed by atoms with E-state index in [0.29, 0.717) is 3.63 Å². The molecular formula is C33H39Cl2SiZr. The minimum absolute atomic E-state index is 0. The zero-order chi connectivity index (χ0) is 25.0. The molecule has 0 saturated carbocycles. The van der Waals surface area contributed by atoms with E-state index in [0.717, 1.165) is 0 Å². The molecule has 0 radical (unpaired) electrons. The van der Waals surface area contributed by atoms with Gasteiger partial charge in [0.1, 0.15) is 0 Å². The molecule has 37 heavy (non-hydrogen) atoms. The smallest absolute Gasteiger partial charge is 1.00 e. The third-order valence-electron chi connectivity index (χ3n) is 7.94. The van der Waals surface area contributed by atoms with Crippen molar-refractivity contribution in [2.24, 2.45) is 0 Å². The van der Waals surface area contributed by atoms with Crippen LogP contribution in [0.15, 0.2) is 88.2 Å². The zero-order valence-electron chi connectivity index (χ0n) is 23.2. The van der Waals surface area contributed by atoms with Gasteiger partial charge >= 0.3 is 223 Å². The number of fused-ring (bicyclic) bond motifs is 3. The Morgan fingerprint density at radius 3 is 2.08 bits per heavy atom. The molecule has 0 saturated heterocycles. The summed E-state index contributed by atoms with van der Waals surface area (Å²) in [5.41, 5.74) is 9.63. The van der Waals surface area contributed by atoms with Crippen LogP contribution in [-0.4, -0.2) is 5.92 Å². The van der Waals surface area contributed by atoms with Crippen molar-refractivity contribution in [1.82, 2.24) is 0 Å². The van der Waals surface area contributed by atoms with Crippen LogP contribution in [0.25, 0.3) is 11.1 Å². The first-order valence-corrected chi connectivity index (χ1v) is 22.3. The van der Waals surface area contributed by atoms with Crippen molar-refractivity contribution >= 4 is 11.1 Å². The van der Waals surface area contributed by atoms with Gasteiger partial charge in [-0.15, -0.1) is 0 Å². The van der Waals surface area contributed by atoms with Crippen LogP contribution in [0.4, 0.5) is 0 Å². The largest absolute Gasteiger partial charge is 1.00 e. The molecule has 0 fully saturated rings. The fraction of sp³-hybridized carbons (Fsp3) is 0.333. The van der Waals surface area contributed by atoms with Gasteiger partial charge in [-0.2, -0.15) is 0 Å². The molecule has 0 heterocycles. The minimum Gasteiger partial charge on any atom is -1.00 e. The van der Waals surface area contributed by atoms with Crippen molar-refractivity contribution in [3.8, 4) is 11.1 Å². The molecule has 0 bridgehead atoms. The van der Waals surface area contributed by atoms with E-state index in [1.165, 1.54) is 23.1 Å². The number of rotatable bonds is 4. The molecule has 193 valence electrons. The third-order valence-corrected chi connectivity index (χ3v) is 29.5. The van der Waals surface area contributed by atoms with Gasteiger partial charge in [0.05, 0.1) is 0 Å². The van der Waals surface area contributed by atoms with Crippen molar-refractivity contribution in [2.75, 3.05) is 0 Å². The molecule has 0 aliphatic heterocycles. The van der Waals surface area contributed by atoms with E-state index < -0.39 is 26.8 Å². The molecule has 5 rings (SSSR count). The Kier molecular flexibility index (Phi) is 9.45. The molecule has 0 aromatic heterocycles. The van der Waals surface area contributed by atoms with Gasteiger partial charge < -0.3 is 24.8 Å². The maximum Gasteiger partial charge on any atom is -1.00 e. The van der Waals surface area contributed by atoms with Crippen LogP contribution in [0.2, 0.25) is 6.55 Å². The van der Waals surface area contributed by atoms with E-state index in [1.807, 2.05) is 3.28 Å². The molecule has 2 aliphatic carbocycles. The van der Waals surface area contributed by atoms with E-state index in [4.69, 9.17) is 0 Å². The molecule has 0 N–H and O–H groups in total. The SMILES string of the molecule is C[SiH](c1ccccc1)[Zr+2]([C]1=CC=CC1)[CH]1c2ccc(C(C)(C)C)cc2-c2cccc(C(C)(C)C)c21.[Cl-].[Cl-]. The summed E-state index contributed by atoms with van der Waals surface area (Å²) in [6.07, 6.45) is 8.42. The summed E-state index contributed by atoms with van der Waals surface area (Å²) >= 11 is -2.15. The summed E-state index contributed by atoms with van der Waals surface area (Å²) < 4.78 is 2.43. The Balaban J connectivity index is 0.00000190. The molecule has 2 atom stereocenters. The summed E-state index contributed by atoms with van der Waals surface area (Å²) in [5.74, 6) is -1.13. The Morgan fingerprint density at radius 2 is 1.49 bits per heavy atom. The van der Waals surface area contributed by atoms with Gasteiger partial charge in [0.2, 0.25) is 0 Å². The van der Waals surface area contributed by atoms with Crippen LogP contribution in [-0.2, 0) is 31.7 Å². The number of benzene rings is 3. The van der Waals surface area contributed by atoms with E-state index in [9.17, 15) is 0 Å². The van der Waals surface area contributed by atoms with Gasteiger partial charge in [-0.1, -0.05) is 0 Å². The summed E-state index contributed by atoms with van der Waals surface area (Å²) in [5, 5.41) is 1.66. The molecular weight excluding hydrogens is 587 g/mol. The van der Waals surface area contributed by atoms with Gasteiger partial charge in [0.15, 0.2) is 0 Å². The zero-order valence-corrected chi connectivity index (χ0v) is 28.3. The molecule has 0 nitrogen and oxygen atoms in total. The maximum absolute atomic E-state index is 2.67. The first-order valence-electron chi connectivity index (χ1n) is 13.1. The molecule has 2 aliphatic rings. The average molecular weight is 626 g/mol. The van der Waals surface area contributed by atoms with Crippen LogP contribution in [0, 0.1) is 0 Å². The van der Waals surface area contributed by atoms with E-state index in [1.54, 1.807) is 21.9 Å². The van der Waals surface area contributed by atoms with Gasteiger partial charge in [0, 0.05) is 0 Å². The maximum atomic E-state index is 2.67. The van der Waals surface area contributed by atoms with Crippen LogP contribution in [0.5, 0.6) is 0 Å². The summed E-state index contributed by atoms with van der Waals surface area (Å²) in [6, 6.07) is 26.2. The second-order valence-electron chi connectivity index (χ2n) is 12.4. The number of hydrogen-bond acceptors (Lipinski definition) is 0. The normalized spacial score (nSPS) is 16.7. The summed E-state index contributed by atoms with van der Waals surface area (Å²) in [7, 11) is 0. The molecule has 3 aromatic carbocycles. The number of allylic oxidation sites excluding steroid dienone is 4. The van der Waals surface area contributed by atoms with Crippen molar-refractivity contribution in [2.45, 2.75) is 69.0 Å². The Bertz CT molecular complexity index is 1310. The predicted octanol–water partition coefficient (Wildman–Crippen LogP) is 2.08. The van der Waals surface area contributed by atoms with E-state index >= 15 is 0 Å². The topological polar surface area (TPSA) is 0 Å². The average Bonchev–Trinajstić information content (AvgIpc) is 3.45. The summed E-state index contributed by atoms with van der Waals surface area (Å²) in [6.45, 7) is 16.9. The molecule has 3 aromatic rings. The summed E-state index contributed by atoms with van der Waals surface area (Å²) in [4.78, 5) is 0. The Hall–Kier alpha value is -1.18. The third kappa shape index (κ3) is 5.74. The number of hydrogen-bond donors (Lipinski definition) is 0. The molecule has 0 spiro atoms. The predicted molar refractivity (Wildman–Crippen MR) is 152 cm³/mol. The fourth-order valence-corrected chi connectivity index (χ4v) is 28.9. The first kappa shape index (κ1) is 30.4. The van der Waals surface area contributed by atoms with Gasteiger partial charge in [-0.05, 0) is 0 Å². The van der Waals surface area contributed by atoms with Crippen molar-refractivity contribution in [1.29, 1.82) is 0 Å². The monoisotopic (exact) mass is 623 g/mol. The first-order chi connectivity index (χ1) is 16.6. The quantitative estimate of drug-likeness (QED) is 0.390. The van der Waals surface area contributed by atoms with Crippen molar-refractivity contribution in [3.63, 3.8) is 0 Å². The Morgan fingerprint density at radius 1 is 0.784 bits per heavy atom. The van der Waals surface area contributed by atoms with Crippen LogP contribution in [0.1, 0.15) is 73.8 Å². The minimum atomic E-state index is -2.15. The van der Waals surface area contributed by atoms with Crippen LogP contribution >= 0.6 is 0 Å². The van der Waals surface area contributed by atoms with Gasteiger partial charge in [-0.3, -0.25) is 0 Å². The van der Waals surface area contributed by atoms with E-state index in [2.05, 4.69) is 133 Å². The van der Waals surface area contributed by atoms with Gasteiger partial charge in [0.25, 0.3) is 0 Å². The van der Waals surface area contributed by atoms with Crippen LogP contribution < -0.4 is 30.0 Å². The fourth-order valence-electron chi connectivity index (χ4n) is 6.05. The van der Waals surface area contributed by atoms with Crippen LogP contribution in [0.3, 0.4) is 0 Å². The number of halogens is 2. The van der Waals surface area contributed by atoms with Crippen molar-refractivity contribution in [3.05, 3.63) is 110 Å². The standard InChI is InChI=1S/C21H25.C7H9Si.C5H5.2ClH.Zr/c1-20(2,3)15-11-10-14-12-18-16(17(14)13-15)8-7-9-19(18)21(4,5)6;1-8-7-5-3-2-4-6-7;1-2-4-5-3-1;;;/h7-13H,1-6H3;2-6,8H,1H3;1-3H,4H2;2*1H;/q;;;;;+2/p-2. The van der Waals surface area contributed by atoms with Crippen molar-refractivity contribution < 1.29 is 45.7 Å². The second kappa shape index (κ2) is 11.5. The Labute approximate surface area is 245 Å². The van der Waals surface area contributed by atoms with E-state index in [-0.39, 0.29) is 35.6 Å².